The topological polar surface area (TPSA) is 49.6 Å². The number of rotatable bonds is 1. The fourth-order valence-electron chi connectivity index (χ4n) is 1.33. The Hall–Kier alpha value is -0.610. The zero-order valence-electron chi connectivity index (χ0n) is 6.37. The number of carbonyl (C=O) groups excluding carboxylic acids is 1. The molecule has 4 heteroatoms. The third-order valence-corrected chi connectivity index (χ3v) is 1.89. The number of amides is 1. The van der Waals surface area contributed by atoms with Crippen LogP contribution in [0.1, 0.15) is 0 Å². The van der Waals surface area contributed by atoms with E-state index in [-0.39, 0.29) is 12.1 Å². The molecule has 0 aromatic carbocycles. The van der Waals surface area contributed by atoms with Gasteiger partial charge in [-0.15, -0.1) is 0 Å². The lowest BCUT2D eigenvalue weighted by Gasteiger charge is -2.20. The van der Waals surface area contributed by atoms with Crippen LogP contribution < -0.4 is 5.73 Å². The van der Waals surface area contributed by atoms with Crippen molar-refractivity contribution < 1.29 is 4.79 Å². The summed E-state index contributed by atoms with van der Waals surface area (Å²) in [6.07, 6.45) is -0.194. The van der Waals surface area contributed by atoms with Gasteiger partial charge in [0, 0.05) is 13.1 Å². The van der Waals surface area contributed by atoms with Gasteiger partial charge in [0.1, 0.15) is 6.17 Å². The lowest BCUT2D eigenvalue weighted by atomic mass is 10.4. The van der Waals surface area contributed by atoms with Gasteiger partial charge in [-0.25, -0.2) is 0 Å². The lowest BCUT2D eigenvalue weighted by Crippen LogP contribution is -2.45. The summed E-state index contributed by atoms with van der Waals surface area (Å²) in [5, 5.41) is 0. The van der Waals surface area contributed by atoms with Crippen molar-refractivity contribution in [2.75, 3.05) is 27.2 Å². The van der Waals surface area contributed by atoms with E-state index < -0.39 is 0 Å². The van der Waals surface area contributed by atoms with E-state index in [9.17, 15) is 4.79 Å². The van der Waals surface area contributed by atoms with Gasteiger partial charge in [0.25, 0.3) is 0 Å². The summed E-state index contributed by atoms with van der Waals surface area (Å²) in [5.74, 6) is -0.262. The fourth-order valence-corrected chi connectivity index (χ4v) is 1.33. The first-order valence-corrected chi connectivity index (χ1v) is 3.32. The summed E-state index contributed by atoms with van der Waals surface area (Å²) in [6.45, 7) is 1.84. The summed E-state index contributed by atoms with van der Waals surface area (Å²) >= 11 is 0. The zero-order valence-corrected chi connectivity index (χ0v) is 6.37. The van der Waals surface area contributed by atoms with Crippen LogP contribution in [0.3, 0.4) is 0 Å². The van der Waals surface area contributed by atoms with Crippen LogP contribution in [0.15, 0.2) is 0 Å². The summed E-state index contributed by atoms with van der Waals surface area (Å²) < 4.78 is 0. The Morgan fingerprint density at radius 2 is 1.80 bits per heavy atom. The highest BCUT2D eigenvalue weighted by atomic mass is 16.2. The maximum atomic E-state index is 10.8. The molecule has 0 bridgehead atoms. The average Bonchev–Trinajstić information content (AvgIpc) is 2.11. The van der Waals surface area contributed by atoms with Crippen molar-refractivity contribution in [3.63, 3.8) is 0 Å². The Kier molecular flexibility index (Phi) is 1.92. The molecule has 0 spiro atoms. The van der Waals surface area contributed by atoms with Crippen LogP contribution in [0, 0.1) is 0 Å². The van der Waals surface area contributed by atoms with Gasteiger partial charge in [-0.1, -0.05) is 0 Å². The Morgan fingerprint density at radius 1 is 1.40 bits per heavy atom. The van der Waals surface area contributed by atoms with E-state index in [4.69, 9.17) is 5.73 Å². The maximum Gasteiger partial charge on any atom is 0.249 e. The Labute approximate surface area is 60.6 Å². The minimum Gasteiger partial charge on any atom is -0.367 e. The zero-order chi connectivity index (χ0) is 7.72. The molecule has 0 atom stereocenters. The molecule has 1 amide bonds. The second-order valence-electron chi connectivity index (χ2n) is 2.74. The van der Waals surface area contributed by atoms with Gasteiger partial charge in [0.2, 0.25) is 5.91 Å². The van der Waals surface area contributed by atoms with Crippen LogP contribution >= 0.6 is 0 Å². The fraction of sp³-hybridized carbons (Fsp3) is 0.833. The predicted molar refractivity (Wildman–Crippen MR) is 38.2 cm³/mol. The van der Waals surface area contributed by atoms with Crippen molar-refractivity contribution in [3.8, 4) is 0 Å². The van der Waals surface area contributed by atoms with Crippen molar-refractivity contribution in [3.05, 3.63) is 0 Å². The molecule has 1 aliphatic heterocycles. The Morgan fingerprint density at radius 3 is 2.00 bits per heavy atom. The monoisotopic (exact) mass is 143 g/mol. The number of primary amides is 1. The van der Waals surface area contributed by atoms with Crippen molar-refractivity contribution >= 4 is 5.91 Å². The highest BCUT2D eigenvalue weighted by Crippen LogP contribution is 2.07. The van der Waals surface area contributed by atoms with Crippen LogP contribution in [-0.4, -0.2) is 49.1 Å². The van der Waals surface area contributed by atoms with Crippen LogP contribution in [-0.2, 0) is 4.79 Å². The Bertz CT molecular complexity index is 138. The first-order chi connectivity index (χ1) is 4.63. The highest BCUT2D eigenvalue weighted by Gasteiger charge is 2.30. The normalized spacial score (nSPS) is 23.8. The van der Waals surface area contributed by atoms with Crippen molar-refractivity contribution in [2.45, 2.75) is 6.17 Å². The van der Waals surface area contributed by atoms with Crippen molar-refractivity contribution in [2.24, 2.45) is 5.73 Å². The quantitative estimate of drug-likeness (QED) is 0.495. The third kappa shape index (κ3) is 1.12. The number of nitrogens with zero attached hydrogens (tertiary/aromatic N) is 2. The van der Waals surface area contributed by atoms with Gasteiger partial charge in [-0.2, -0.15) is 0 Å². The van der Waals surface area contributed by atoms with E-state index >= 15 is 0 Å². The van der Waals surface area contributed by atoms with E-state index in [0.29, 0.717) is 0 Å². The van der Waals surface area contributed by atoms with Gasteiger partial charge < -0.3 is 5.73 Å². The summed E-state index contributed by atoms with van der Waals surface area (Å²) in [5.41, 5.74) is 5.16. The standard InChI is InChI=1S/C6H13N3O/c1-8-3-4-9(2)6(8)5(7)10/h6H,3-4H2,1-2H3,(H2,7,10). The smallest absolute Gasteiger partial charge is 0.249 e. The van der Waals surface area contributed by atoms with E-state index in [1.807, 2.05) is 23.9 Å². The molecule has 1 fully saturated rings. The van der Waals surface area contributed by atoms with Crippen LogP contribution in [0.2, 0.25) is 0 Å². The highest BCUT2D eigenvalue weighted by molar-refractivity contribution is 5.79. The molecule has 1 rings (SSSR count). The average molecular weight is 143 g/mol. The lowest BCUT2D eigenvalue weighted by molar-refractivity contribution is -0.125. The summed E-state index contributed by atoms with van der Waals surface area (Å²) in [4.78, 5) is 14.7. The van der Waals surface area contributed by atoms with E-state index in [2.05, 4.69) is 0 Å². The molecular weight excluding hydrogens is 130 g/mol. The van der Waals surface area contributed by atoms with E-state index in [0.717, 1.165) is 13.1 Å². The van der Waals surface area contributed by atoms with Gasteiger partial charge in [-0.05, 0) is 14.1 Å². The largest absolute Gasteiger partial charge is 0.367 e. The molecular formula is C6H13N3O. The molecule has 0 radical (unpaired) electrons. The molecule has 1 aliphatic rings. The van der Waals surface area contributed by atoms with Gasteiger partial charge in [-0.3, -0.25) is 14.6 Å². The van der Waals surface area contributed by atoms with Crippen molar-refractivity contribution in [1.29, 1.82) is 0 Å². The number of carbonyl (C=O) groups is 1. The molecule has 1 heterocycles. The van der Waals surface area contributed by atoms with Crippen LogP contribution in [0.25, 0.3) is 0 Å². The van der Waals surface area contributed by atoms with Crippen LogP contribution in [0.4, 0.5) is 0 Å². The van der Waals surface area contributed by atoms with Gasteiger partial charge >= 0.3 is 0 Å². The molecule has 58 valence electrons. The second kappa shape index (κ2) is 2.56. The van der Waals surface area contributed by atoms with Crippen LogP contribution in [0.5, 0.6) is 0 Å². The first kappa shape index (κ1) is 7.50. The molecule has 2 N–H and O–H groups in total. The SMILES string of the molecule is CN1CCN(C)C1C(N)=O. The number of hydrogen-bond acceptors (Lipinski definition) is 3. The van der Waals surface area contributed by atoms with Crippen molar-refractivity contribution in [1.82, 2.24) is 9.80 Å². The van der Waals surface area contributed by atoms with E-state index in [1.165, 1.54) is 0 Å². The molecule has 0 saturated carbocycles. The Balaban J connectivity index is 2.63. The maximum absolute atomic E-state index is 10.8. The molecule has 4 nitrogen and oxygen atoms in total. The number of likely N-dealkylation sites (N-methyl/N-ethyl adjacent to an activating group) is 2. The first-order valence-electron chi connectivity index (χ1n) is 3.32. The minimum absolute atomic E-state index is 0.194. The third-order valence-electron chi connectivity index (χ3n) is 1.89. The summed E-state index contributed by atoms with van der Waals surface area (Å²) in [6, 6.07) is 0. The van der Waals surface area contributed by atoms with Gasteiger partial charge in [0.05, 0.1) is 0 Å². The number of hydrogen-bond donors (Lipinski definition) is 1. The molecule has 0 aromatic heterocycles. The molecule has 10 heavy (non-hydrogen) atoms. The van der Waals surface area contributed by atoms with Gasteiger partial charge in [0.15, 0.2) is 0 Å². The molecule has 0 unspecified atom stereocenters. The molecule has 1 saturated heterocycles. The molecule has 0 aromatic rings. The van der Waals surface area contributed by atoms with E-state index in [1.54, 1.807) is 0 Å². The molecule has 0 aliphatic carbocycles. The second-order valence-corrected chi connectivity index (χ2v) is 2.74. The number of nitrogens with two attached hydrogens (primary N) is 1. The minimum atomic E-state index is -0.262. The predicted octanol–water partition coefficient (Wildman–Crippen LogP) is -1.32. The summed E-state index contributed by atoms with van der Waals surface area (Å²) in [7, 11) is 3.80.